The number of H-pyrrole nitrogens is 1. The number of carbonyl (C=O) groups excluding carboxylic acids is 3. The Labute approximate surface area is 183 Å². The molecule has 0 saturated carbocycles. The summed E-state index contributed by atoms with van der Waals surface area (Å²) in [6, 6.07) is -1.78. The predicted octanol–water partition coefficient (Wildman–Crippen LogP) is -1.33. The van der Waals surface area contributed by atoms with Gasteiger partial charge in [0.25, 0.3) is 5.91 Å². The molecule has 1 saturated heterocycles. The molecule has 5 N–H and O–H groups in total. The van der Waals surface area contributed by atoms with E-state index in [1.165, 1.54) is 11.8 Å². The van der Waals surface area contributed by atoms with Gasteiger partial charge in [-0.3, -0.25) is 14.5 Å². The van der Waals surface area contributed by atoms with Crippen molar-refractivity contribution < 1.29 is 24.3 Å². The number of carboxylic acid groups (broad SMARTS) is 1. The topological polar surface area (TPSA) is 211 Å². The number of rotatable bonds is 8. The molecule has 0 spiro atoms. The summed E-state index contributed by atoms with van der Waals surface area (Å²) >= 11 is 2.39. The molecule has 31 heavy (non-hydrogen) atoms. The van der Waals surface area contributed by atoms with Crippen LogP contribution in [0.4, 0.5) is 4.79 Å². The van der Waals surface area contributed by atoms with Gasteiger partial charge in [0.05, 0.1) is 0 Å². The van der Waals surface area contributed by atoms with Gasteiger partial charge in [0.15, 0.2) is 12.2 Å². The molecule has 0 aliphatic carbocycles. The molecule has 4 amide bonds. The molecule has 1 aromatic heterocycles. The highest BCUT2D eigenvalue weighted by atomic mass is 32.2. The molecule has 16 heteroatoms. The monoisotopic (exact) mass is 467 g/mol. The van der Waals surface area contributed by atoms with E-state index in [0.29, 0.717) is 10.7 Å². The number of β-lactam (4-membered cyclic amide) rings is 1. The van der Waals surface area contributed by atoms with E-state index in [1.54, 1.807) is 6.19 Å². The average Bonchev–Trinajstić information content (AvgIpc) is 3.22. The highest BCUT2D eigenvalue weighted by Gasteiger charge is 2.57. The molecule has 3 atom stereocenters. The van der Waals surface area contributed by atoms with Crippen molar-refractivity contribution in [3.8, 4) is 6.19 Å². The van der Waals surface area contributed by atoms with E-state index in [0.717, 1.165) is 28.5 Å². The molecule has 2 unspecified atom stereocenters. The normalized spacial score (nSPS) is 20.9. The number of nitrogens with one attached hydrogen (secondary N) is 2. The zero-order chi connectivity index (χ0) is 22.7. The molecule has 1 aromatic rings. The van der Waals surface area contributed by atoms with Crippen molar-refractivity contribution in [3.63, 3.8) is 0 Å². The van der Waals surface area contributed by atoms with Crippen LogP contribution < -0.4 is 11.1 Å². The summed E-state index contributed by atoms with van der Waals surface area (Å²) in [6.07, 6.45) is 1.98. The van der Waals surface area contributed by atoms with Gasteiger partial charge in [-0.1, -0.05) is 11.8 Å². The summed E-state index contributed by atoms with van der Waals surface area (Å²) in [5.74, 6) is -2.34. The van der Waals surface area contributed by atoms with Crippen LogP contribution in [0.1, 0.15) is 13.3 Å². The lowest BCUT2D eigenvalue weighted by Crippen LogP contribution is -2.70. The number of aromatic amines is 1. The fourth-order valence-corrected chi connectivity index (χ4v) is 5.86. The van der Waals surface area contributed by atoms with Crippen molar-refractivity contribution in [2.75, 3.05) is 12.3 Å². The maximum atomic E-state index is 12.8. The van der Waals surface area contributed by atoms with E-state index in [1.807, 2.05) is 0 Å². The van der Waals surface area contributed by atoms with Crippen LogP contribution in [0.3, 0.4) is 0 Å². The van der Waals surface area contributed by atoms with Gasteiger partial charge in [-0.05, 0) is 22.4 Å². The molecule has 0 bridgehead atoms. The lowest BCUT2D eigenvalue weighted by molar-refractivity contribution is -0.156. The average molecular weight is 467 g/mol. The van der Waals surface area contributed by atoms with E-state index < -0.39 is 40.5 Å². The van der Waals surface area contributed by atoms with E-state index in [-0.39, 0.29) is 24.4 Å². The maximum absolute atomic E-state index is 12.8. The first kappa shape index (κ1) is 22.4. The van der Waals surface area contributed by atoms with Crippen LogP contribution in [0.5, 0.6) is 0 Å². The van der Waals surface area contributed by atoms with Crippen molar-refractivity contribution >= 4 is 47.3 Å². The number of amides is 4. The maximum Gasteiger partial charge on any atom is 0.352 e. The lowest BCUT2D eigenvalue weighted by Gasteiger charge is -2.51. The summed E-state index contributed by atoms with van der Waals surface area (Å²) in [4.78, 5) is 49.4. The van der Waals surface area contributed by atoms with Crippen LogP contribution in [-0.4, -0.2) is 88.3 Å². The molecular weight excluding hydrogens is 450 g/mol. The van der Waals surface area contributed by atoms with Crippen molar-refractivity contribution in [1.29, 1.82) is 5.26 Å². The summed E-state index contributed by atoms with van der Waals surface area (Å²) in [5, 5.41) is 34.0. The minimum Gasteiger partial charge on any atom is -0.477 e. The van der Waals surface area contributed by atoms with Gasteiger partial charge in [-0.2, -0.15) is 5.26 Å². The second-order valence-corrected chi connectivity index (χ2v) is 8.71. The van der Waals surface area contributed by atoms with Crippen molar-refractivity contribution in [2.45, 2.75) is 35.2 Å². The number of aromatic nitrogens is 4. The fraction of sp³-hybridized carbons (Fsp3) is 0.467. The summed E-state index contributed by atoms with van der Waals surface area (Å²) in [6.45, 7) is 1.32. The van der Waals surface area contributed by atoms with Crippen LogP contribution in [-0.2, 0) is 14.4 Å². The molecule has 0 radical (unpaired) electrons. The van der Waals surface area contributed by atoms with Gasteiger partial charge in [-0.15, -0.1) is 16.9 Å². The number of fused-ring (bicyclic) bond motifs is 1. The molecule has 2 aliphatic heterocycles. The first-order chi connectivity index (χ1) is 14.8. The fourth-order valence-electron chi connectivity index (χ4n) is 3.27. The number of nitrogens with two attached hydrogens (primary N) is 1. The number of primary amides is 1. The third-order valence-electron chi connectivity index (χ3n) is 4.57. The number of hydrogen-bond acceptors (Lipinski definition) is 10. The molecule has 3 rings (SSSR count). The van der Waals surface area contributed by atoms with E-state index in [9.17, 15) is 29.5 Å². The van der Waals surface area contributed by atoms with Gasteiger partial charge in [0.1, 0.15) is 11.1 Å². The van der Waals surface area contributed by atoms with E-state index in [4.69, 9.17) is 5.73 Å². The van der Waals surface area contributed by atoms with Crippen LogP contribution in [0.25, 0.3) is 0 Å². The lowest BCUT2D eigenvalue weighted by atomic mass is 9.99. The minimum absolute atomic E-state index is 0.155. The Balaban J connectivity index is 1.92. The van der Waals surface area contributed by atoms with Crippen LogP contribution in [0, 0.1) is 11.5 Å². The van der Waals surface area contributed by atoms with Gasteiger partial charge >= 0.3 is 12.0 Å². The van der Waals surface area contributed by atoms with Gasteiger partial charge < -0.3 is 16.2 Å². The molecule has 2 aliphatic rings. The number of tetrazole rings is 1. The highest BCUT2D eigenvalue weighted by Crippen LogP contribution is 2.45. The number of aliphatic carboxylic acids is 1. The van der Waals surface area contributed by atoms with Crippen LogP contribution in [0.2, 0.25) is 0 Å². The number of carboxylic acids is 1. The van der Waals surface area contributed by atoms with E-state index >= 15 is 0 Å². The second kappa shape index (κ2) is 9.22. The molecule has 164 valence electrons. The Kier molecular flexibility index (Phi) is 6.65. The molecule has 14 nitrogen and oxygen atoms in total. The number of nitriles is 1. The van der Waals surface area contributed by atoms with Crippen molar-refractivity contribution in [1.82, 2.24) is 35.7 Å². The second-order valence-electron chi connectivity index (χ2n) is 6.42. The molecule has 1 fully saturated rings. The zero-order valence-electron chi connectivity index (χ0n) is 16.0. The van der Waals surface area contributed by atoms with Crippen LogP contribution >= 0.6 is 23.5 Å². The van der Waals surface area contributed by atoms with Gasteiger partial charge in [0.2, 0.25) is 11.1 Å². The zero-order valence-corrected chi connectivity index (χ0v) is 17.6. The smallest absolute Gasteiger partial charge is 0.352 e. The number of carbonyl (C=O) groups is 4. The standard InChI is InChI=1S/C15H17N9O5S2/c1-6(25)23(5-16)10-11(26)24-9(13(27)28)7(4-30-12(10)24)8(2-3-18-14(17)29)31-15-19-21-22-20-15/h8,10,12H,2-4H2,1H3,(H,27,28)(H3,17,18,29)(H,19,20,21,22)/t8?,10?,12-/m0/s1. The number of urea groups is 1. The first-order valence-corrected chi connectivity index (χ1v) is 10.7. The largest absolute Gasteiger partial charge is 0.477 e. The molecular formula is C15H17N9O5S2. The van der Waals surface area contributed by atoms with Gasteiger partial charge in [-0.25, -0.2) is 19.6 Å². The summed E-state index contributed by atoms with van der Waals surface area (Å²) in [7, 11) is 0. The van der Waals surface area contributed by atoms with E-state index in [2.05, 4.69) is 25.9 Å². The quantitative estimate of drug-likeness (QED) is 0.152. The third kappa shape index (κ3) is 4.41. The number of hydrogen-bond donors (Lipinski definition) is 4. The molecule has 0 aromatic carbocycles. The highest BCUT2D eigenvalue weighted by molar-refractivity contribution is 8.01. The van der Waals surface area contributed by atoms with Gasteiger partial charge in [0, 0.05) is 24.5 Å². The van der Waals surface area contributed by atoms with Crippen molar-refractivity contribution in [2.24, 2.45) is 5.73 Å². The van der Waals surface area contributed by atoms with Crippen molar-refractivity contribution in [3.05, 3.63) is 11.3 Å². The Hall–Kier alpha value is -3.32. The molecule has 3 heterocycles. The number of nitrogens with zero attached hydrogens (tertiary/aromatic N) is 6. The Morgan fingerprint density at radius 1 is 1.55 bits per heavy atom. The Morgan fingerprint density at radius 3 is 2.84 bits per heavy atom. The Morgan fingerprint density at radius 2 is 2.29 bits per heavy atom. The minimum atomic E-state index is -1.32. The SMILES string of the molecule is CC(=O)N(C#N)C1C(=O)N2C(C(=O)O)=C(C(CCNC(N)=O)Sc3nnn[nH]3)CS[C@@H]12. The first-order valence-electron chi connectivity index (χ1n) is 8.80. The summed E-state index contributed by atoms with van der Waals surface area (Å²) < 4.78 is 0. The van der Waals surface area contributed by atoms with Crippen LogP contribution in [0.15, 0.2) is 16.4 Å². The predicted molar refractivity (Wildman–Crippen MR) is 106 cm³/mol. The summed E-state index contributed by atoms with van der Waals surface area (Å²) in [5.41, 5.74) is 5.32. The number of thioether (sulfide) groups is 2. The third-order valence-corrected chi connectivity index (χ3v) is 7.06. The Bertz CT molecular complexity index is 976.